The molecule has 1 atom stereocenters. The molecule has 1 fully saturated rings. The zero-order chi connectivity index (χ0) is 18.2. The summed E-state index contributed by atoms with van der Waals surface area (Å²) in [6.45, 7) is 9.57. The first-order chi connectivity index (χ1) is 12.0. The van der Waals surface area contributed by atoms with Crippen molar-refractivity contribution in [1.82, 2.24) is 4.90 Å². The van der Waals surface area contributed by atoms with E-state index in [-0.39, 0.29) is 30.3 Å². The number of piperidine rings is 1. The van der Waals surface area contributed by atoms with Crippen molar-refractivity contribution in [3.05, 3.63) is 35.4 Å². The summed E-state index contributed by atoms with van der Waals surface area (Å²) in [5.41, 5.74) is 8.08. The predicted molar refractivity (Wildman–Crippen MR) is 110 cm³/mol. The van der Waals surface area contributed by atoms with Gasteiger partial charge in [0.1, 0.15) is 0 Å². The highest BCUT2D eigenvalue weighted by Crippen LogP contribution is 2.24. The van der Waals surface area contributed by atoms with Gasteiger partial charge in [-0.1, -0.05) is 45.0 Å². The minimum absolute atomic E-state index is 0. The maximum absolute atomic E-state index is 12.6. The van der Waals surface area contributed by atoms with E-state index in [2.05, 4.69) is 45.0 Å². The molecule has 2 rings (SSSR count). The van der Waals surface area contributed by atoms with Gasteiger partial charge in [-0.25, -0.2) is 0 Å². The Balaban J connectivity index is 0.00000338. The summed E-state index contributed by atoms with van der Waals surface area (Å²) in [6.07, 6.45) is 3.66. The largest absolute Gasteiger partial charge is 0.378 e. The zero-order valence-corrected chi connectivity index (χ0v) is 17.3. The first-order valence-electron chi connectivity index (χ1n) is 9.70. The van der Waals surface area contributed by atoms with Gasteiger partial charge in [-0.2, -0.15) is 0 Å². The number of rotatable bonds is 8. The Morgan fingerprint density at radius 2 is 1.73 bits per heavy atom. The maximum atomic E-state index is 12.6. The van der Waals surface area contributed by atoms with Crippen LogP contribution < -0.4 is 5.73 Å². The summed E-state index contributed by atoms with van der Waals surface area (Å²) in [7, 11) is 0. The van der Waals surface area contributed by atoms with Crippen molar-refractivity contribution in [2.75, 3.05) is 26.2 Å². The molecule has 0 bridgehead atoms. The standard InChI is InChI=1S/C21H34N2O2.ClH/c1-16(2)18-5-7-19(8-6-18)17(3)15-21(24)23-12-9-20(10-13-23)25-14-4-11-22;/h5-8,16-17,20H,4,9-15,22H2,1-3H3;1H. The van der Waals surface area contributed by atoms with Crippen molar-refractivity contribution < 1.29 is 9.53 Å². The minimum Gasteiger partial charge on any atom is -0.378 e. The predicted octanol–water partition coefficient (Wildman–Crippen LogP) is 4.08. The van der Waals surface area contributed by atoms with Gasteiger partial charge in [-0.05, 0) is 48.8 Å². The van der Waals surface area contributed by atoms with Gasteiger partial charge in [0.15, 0.2) is 0 Å². The van der Waals surface area contributed by atoms with E-state index in [9.17, 15) is 4.79 Å². The number of carbonyl (C=O) groups excluding carboxylic acids is 1. The molecule has 26 heavy (non-hydrogen) atoms. The highest BCUT2D eigenvalue weighted by molar-refractivity contribution is 5.85. The van der Waals surface area contributed by atoms with Gasteiger partial charge in [0.2, 0.25) is 5.91 Å². The van der Waals surface area contributed by atoms with Crippen LogP contribution in [0.5, 0.6) is 0 Å². The molecule has 4 nitrogen and oxygen atoms in total. The van der Waals surface area contributed by atoms with Gasteiger partial charge in [0.05, 0.1) is 6.10 Å². The van der Waals surface area contributed by atoms with Gasteiger partial charge < -0.3 is 15.4 Å². The number of carbonyl (C=O) groups is 1. The molecule has 0 radical (unpaired) electrons. The van der Waals surface area contributed by atoms with E-state index in [0.29, 0.717) is 18.9 Å². The van der Waals surface area contributed by atoms with Crippen LogP contribution in [0.15, 0.2) is 24.3 Å². The summed E-state index contributed by atoms with van der Waals surface area (Å²) in [6, 6.07) is 8.71. The normalized spacial score (nSPS) is 16.4. The molecule has 0 aromatic heterocycles. The van der Waals surface area contributed by atoms with Crippen LogP contribution in [0.3, 0.4) is 0 Å². The van der Waals surface area contributed by atoms with E-state index >= 15 is 0 Å². The Kier molecular flexibility index (Phi) is 10.2. The maximum Gasteiger partial charge on any atom is 0.223 e. The molecule has 5 heteroatoms. The molecular formula is C21H35ClN2O2. The molecule has 0 aliphatic carbocycles. The van der Waals surface area contributed by atoms with Crippen molar-refractivity contribution >= 4 is 18.3 Å². The zero-order valence-electron chi connectivity index (χ0n) is 16.4. The topological polar surface area (TPSA) is 55.6 Å². The van der Waals surface area contributed by atoms with Crippen LogP contribution in [0, 0.1) is 0 Å². The Hall–Kier alpha value is -1.10. The fraction of sp³-hybridized carbons (Fsp3) is 0.667. The summed E-state index contributed by atoms with van der Waals surface area (Å²) in [4.78, 5) is 14.6. The molecule has 1 aromatic carbocycles. The molecule has 1 aliphatic rings. The number of nitrogens with two attached hydrogens (primary N) is 1. The fourth-order valence-corrected chi connectivity index (χ4v) is 3.32. The summed E-state index contributed by atoms with van der Waals surface area (Å²) in [5, 5.41) is 0. The number of hydrogen-bond acceptors (Lipinski definition) is 3. The Morgan fingerprint density at radius 3 is 2.27 bits per heavy atom. The molecule has 1 saturated heterocycles. The third kappa shape index (κ3) is 6.90. The molecule has 1 unspecified atom stereocenters. The van der Waals surface area contributed by atoms with Crippen molar-refractivity contribution in [3.63, 3.8) is 0 Å². The van der Waals surface area contributed by atoms with Crippen molar-refractivity contribution in [3.8, 4) is 0 Å². The van der Waals surface area contributed by atoms with Crippen LogP contribution in [0.1, 0.15) is 69.4 Å². The van der Waals surface area contributed by atoms with Crippen LogP contribution in [-0.2, 0) is 9.53 Å². The molecular weight excluding hydrogens is 348 g/mol. The molecule has 0 spiro atoms. The Bertz CT molecular complexity index is 525. The highest BCUT2D eigenvalue weighted by Gasteiger charge is 2.24. The summed E-state index contributed by atoms with van der Waals surface area (Å²) in [5.74, 6) is 1.06. The SMILES string of the molecule is CC(C)c1ccc(C(C)CC(=O)N2CCC(OCCCN)CC2)cc1.Cl. The average Bonchev–Trinajstić information content (AvgIpc) is 2.62. The third-order valence-electron chi connectivity index (χ3n) is 5.15. The van der Waals surface area contributed by atoms with E-state index in [1.54, 1.807) is 0 Å². The Labute approximate surface area is 164 Å². The number of hydrogen-bond donors (Lipinski definition) is 1. The molecule has 2 N–H and O–H groups in total. The van der Waals surface area contributed by atoms with Gasteiger partial charge in [-0.3, -0.25) is 4.79 Å². The third-order valence-corrected chi connectivity index (χ3v) is 5.15. The molecule has 1 amide bonds. The van der Waals surface area contributed by atoms with Gasteiger partial charge in [0, 0.05) is 26.1 Å². The second-order valence-electron chi connectivity index (χ2n) is 7.52. The average molecular weight is 383 g/mol. The number of amides is 1. The smallest absolute Gasteiger partial charge is 0.223 e. The first-order valence-corrected chi connectivity index (χ1v) is 9.70. The second kappa shape index (κ2) is 11.6. The lowest BCUT2D eigenvalue weighted by atomic mass is 9.93. The Morgan fingerprint density at radius 1 is 1.15 bits per heavy atom. The molecule has 1 aromatic rings. The fourth-order valence-electron chi connectivity index (χ4n) is 3.32. The summed E-state index contributed by atoms with van der Waals surface area (Å²) >= 11 is 0. The number of benzene rings is 1. The lowest BCUT2D eigenvalue weighted by Gasteiger charge is -2.32. The van der Waals surface area contributed by atoms with E-state index in [4.69, 9.17) is 10.5 Å². The van der Waals surface area contributed by atoms with Crippen LogP contribution >= 0.6 is 12.4 Å². The number of nitrogens with zero attached hydrogens (tertiary/aromatic N) is 1. The van der Waals surface area contributed by atoms with E-state index in [1.165, 1.54) is 11.1 Å². The van der Waals surface area contributed by atoms with E-state index in [0.717, 1.165) is 39.0 Å². The monoisotopic (exact) mass is 382 g/mol. The minimum atomic E-state index is 0. The molecule has 1 aliphatic heterocycles. The molecule has 0 saturated carbocycles. The second-order valence-corrected chi connectivity index (χ2v) is 7.52. The van der Waals surface area contributed by atoms with Crippen LogP contribution in [0.4, 0.5) is 0 Å². The number of likely N-dealkylation sites (tertiary alicyclic amines) is 1. The summed E-state index contributed by atoms with van der Waals surface area (Å²) < 4.78 is 5.81. The first kappa shape index (κ1) is 22.9. The molecule has 148 valence electrons. The van der Waals surface area contributed by atoms with Crippen molar-refractivity contribution in [2.45, 2.75) is 64.4 Å². The van der Waals surface area contributed by atoms with Gasteiger partial charge in [0.25, 0.3) is 0 Å². The van der Waals surface area contributed by atoms with Crippen molar-refractivity contribution in [1.29, 1.82) is 0 Å². The van der Waals surface area contributed by atoms with Gasteiger partial charge in [-0.15, -0.1) is 12.4 Å². The quantitative estimate of drug-likeness (QED) is 0.689. The van der Waals surface area contributed by atoms with Crippen LogP contribution in [0.25, 0.3) is 0 Å². The highest BCUT2D eigenvalue weighted by atomic mass is 35.5. The van der Waals surface area contributed by atoms with E-state index < -0.39 is 0 Å². The van der Waals surface area contributed by atoms with Crippen LogP contribution in [-0.4, -0.2) is 43.2 Å². The number of ether oxygens (including phenoxy) is 1. The number of halogens is 1. The van der Waals surface area contributed by atoms with E-state index in [1.807, 2.05) is 4.90 Å². The van der Waals surface area contributed by atoms with Crippen LogP contribution in [0.2, 0.25) is 0 Å². The molecule has 1 heterocycles. The lowest BCUT2D eigenvalue weighted by molar-refractivity contribution is -0.134. The van der Waals surface area contributed by atoms with Gasteiger partial charge >= 0.3 is 0 Å². The lowest BCUT2D eigenvalue weighted by Crippen LogP contribution is -2.41. The van der Waals surface area contributed by atoms with Crippen molar-refractivity contribution in [2.24, 2.45) is 5.73 Å².